The minimum Gasteiger partial charge on any atom is -0.355 e. The molecule has 1 aliphatic heterocycles. The number of imidazole rings is 2. The molecule has 0 spiro atoms. The fraction of sp³-hybridized carbons (Fsp3) is 0.404. The van der Waals surface area contributed by atoms with Gasteiger partial charge in [0.25, 0.3) is 0 Å². The number of allylic oxidation sites excluding steroid dienone is 1. The van der Waals surface area contributed by atoms with Gasteiger partial charge in [0.2, 0.25) is 11.8 Å². The zero-order valence-corrected chi connectivity index (χ0v) is 32.4. The van der Waals surface area contributed by atoms with E-state index in [-0.39, 0.29) is 47.4 Å². The summed E-state index contributed by atoms with van der Waals surface area (Å²) in [5.74, 6) is 4.31. The van der Waals surface area contributed by atoms with E-state index in [1.807, 2.05) is 36.8 Å². The van der Waals surface area contributed by atoms with E-state index < -0.39 is 0 Å². The number of carbonyl (C=O) groups excluding carboxylic acids is 2. The van der Waals surface area contributed by atoms with Crippen LogP contribution in [0.4, 0.5) is 0 Å². The summed E-state index contributed by atoms with van der Waals surface area (Å²) in [7, 11) is 0. The first-order chi connectivity index (χ1) is 28.0. The number of nitrogens with zero attached hydrogens (tertiary/aromatic N) is 4. The first kappa shape index (κ1) is 35.8. The quantitative estimate of drug-likeness (QED) is 0.109. The van der Waals surface area contributed by atoms with Gasteiger partial charge in [0.05, 0.1) is 41.7 Å². The Hall–Kier alpha value is -5.64. The second-order valence-corrected chi connectivity index (χ2v) is 17.2. The van der Waals surface area contributed by atoms with Crippen molar-refractivity contribution in [3.63, 3.8) is 0 Å². The van der Waals surface area contributed by atoms with E-state index >= 15 is 0 Å². The van der Waals surface area contributed by atoms with Gasteiger partial charge in [0.15, 0.2) is 0 Å². The maximum atomic E-state index is 13.7. The van der Waals surface area contributed by atoms with Gasteiger partial charge in [-0.1, -0.05) is 60.7 Å². The summed E-state index contributed by atoms with van der Waals surface area (Å²) in [5.41, 5.74) is 7.37. The number of amides is 2. The van der Waals surface area contributed by atoms with Crippen LogP contribution in [-0.4, -0.2) is 55.5 Å². The monoisotopic (exact) mass is 758 g/mol. The molecule has 10 rings (SSSR count). The fourth-order valence-electron chi connectivity index (χ4n) is 11.1. The van der Waals surface area contributed by atoms with Crippen LogP contribution >= 0.6 is 0 Å². The molecule has 4 N–H and O–H groups in total. The Morgan fingerprint density at radius 3 is 1.77 bits per heavy atom. The molecule has 0 radical (unpaired) electrons. The molecular weight excluding hydrogens is 709 g/mol. The first-order valence-corrected chi connectivity index (χ1v) is 20.9. The molecule has 5 aromatic rings. The van der Waals surface area contributed by atoms with E-state index in [1.165, 1.54) is 0 Å². The van der Waals surface area contributed by atoms with Gasteiger partial charge in [0.1, 0.15) is 11.6 Å². The molecule has 0 saturated heterocycles. The summed E-state index contributed by atoms with van der Waals surface area (Å²) >= 11 is 0. The van der Waals surface area contributed by atoms with Gasteiger partial charge < -0.3 is 20.6 Å². The average molecular weight is 759 g/mol. The molecule has 10 heteroatoms. The van der Waals surface area contributed by atoms with Gasteiger partial charge in [-0.15, -0.1) is 0 Å². The lowest BCUT2D eigenvalue weighted by molar-refractivity contribution is -0.128. The topological polar surface area (TPSA) is 141 Å². The normalized spacial score (nSPS) is 29.6. The lowest BCUT2D eigenvalue weighted by Crippen LogP contribution is -2.41. The highest BCUT2D eigenvalue weighted by Gasteiger charge is 2.53. The summed E-state index contributed by atoms with van der Waals surface area (Å²) in [6.45, 7) is 3.22. The van der Waals surface area contributed by atoms with Crippen molar-refractivity contribution in [2.24, 2.45) is 46.4 Å². The molecular formula is C47H50N8O2. The number of carbonyl (C=O) groups is 2. The molecule has 10 atom stereocenters. The van der Waals surface area contributed by atoms with Gasteiger partial charge in [0, 0.05) is 49.5 Å². The van der Waals surface area contributed by atoms with Crippen LogP contribution < -0.4 is 10.6 Å². The van der Waals surface area contributed by atoms with Crippen LogP contribution in [0.3, 0.4) is 0 Å². The number of hydrogen-bond acceptors (Lipinski definition) is 6. The van der Waals surface area contributed by atoms with Gasteiger partial charge in [-0.2, -0.15) is 0 Å². The third-order valence-corrected chi connectivity index (χ3v) is 14.1. The van der Waals surface area contributed by atoms with Crippen LogP contribution in [0.5, 0.6) is 0 Å². The van der Waals surface area contributed by atoms with Gasteiger partial charge in [-0.3, -0.25) is 19.6 Å². The molecule has 4 fully saturated rings. The third-order valence-electron chi connectivity index (χ3n) is 14.1. The number of aromatic nitrogens is 5. The van der Waals surface area contributed by atoms with Crippen molar-refractivity contribution < 1.29 is 9.59 Å². The van der Waals surface area contributed by atoms with Crippen LogP contribution in [0.15, 0.2) is 103 Å². The average Bonchev–Trinajstić information content (AvgIpc) is 4.12. The minimum atomic E-state index is -0.0616. The number of hydrogen-bond donors (Lipinski definition) is 4. The van der Waals surface area contributed by atoms with Crippen molar-refractivity contribution in [2.75, 3.05) is 6.54 Å². The molecule has 5 aliphatic rings. The standard InChI is InChI=1S/C47H50N8O2/c1-27-37(5-3-19-49-27)24-53-47(57)43-36-17-15-34(21-36)41(43)45-51-26-39(55-45)32-12-8-30(9-13-32)29-6-10-31(11-7-29)38-25-50-44(54-38)40-33-14-16-35(20-33)42(40)46(56)52-23-28-4-2-18-48-22-28/h2-13,18-19,22,25-27,33-37,40-43H,14-17,20-21,23-24H2,1H3,(H,50,54)(H,51,55)(H,52,56)(H,53,57)/t27?,33?,34?,35?,36?,37?,40-,41+,42-,43?/m1/s1. The second kappa shape index (κ2) is 15.0. The molecule has 4 heterocycles. The minimum absolute atomic E-state index is 0.0441. The molecule has 4 aliphatic carbocycles. The Labute approximate surface area is 333 Å². The number of aromatic amines is 2. The molecule has 57 heavy (non-hydrogen) atoms. The van der Waals surface area contributed by atoms with Crippen molar-refractivity contribution in [1.82, 2.24) is 35.6 Å². The summed E-state index contributed by atoms with van der Waals surface area (Å²) in [6.07, 6.45) is 20.1. The Balaban J connectivity index is 0.792. The molecule has 4 saturated carbocycles. The number of aliphatic imine (C=N–C) groups is 1. The predicted molar refractivity (Wildman–Crippen MR) is 221 cm³/mol. The first-order valence-electron chi connectivity index (χ1n) is 20.9. The highest BCUT2D eigenvalue weighted by Crippen LogP contribution is 2.57. The molecule has 290 valence electrons. The molecule has 3 aromatic heterocycles. The summed E-state index contributed by atoms with van der Waals surface area (Å²) in [6, 6.07) is 21.3. The second-order valence-electron chi connectivity index (χ2n) is 17.2. The maximum Gasteiger partial charge on any atom is 0.224 e. The SMILES string of the molecule is CC1N=CC=CC1CNC(=O)C1C2CCC(C2)[C@@H]1c1ncc(-c2ccc(-c3ccc(-c4cnc([C@@H]5C6CCC(C6)[C@H]5C(=O)NCc5cccnc5)[nH]4)cc3)cc2)[nH]1. The van der Waals surface area contributed by atoms with Crippen molar-refractivity contribution >= 4 is 18.0 Å². The zero-order chi connectivity index (χ0) is 38.5. The Morgan fingerprint density at radius 1 is 0.684 bits per heavy atom. The van der Waals surface area contributed by atoms with Crippen LogP contribution in [0.25, 0.3) is 33.6 Å². The largest absolute Gasteiger partial charge is 0.355 e. The predicted octanol–water partition coefficient (Wildman–Crippen LogP) is 7.87. The van der Waals surface area contributed by atoms with Crippen molar-refractivity contribution in [3.8, 4) is 33.6 Å². The van der Waals surface area contributed by atoms with E-state index in [2.05, 4.69) is 92.1 Å². The van der Waals surface area contributed by atoms with Crippen LogP contribution in [0.1, 0.15) is 74.5 Å². The smallest absolute Gasteiger partial charge is 0.224 e. The molecule has 4 bridgehead atoms. The molecule has 10 nitrogen and oxygen atoms in total. The van der Waals surface area contributed by atoms with E-state index in [9.17, 15) is 9.59 Å². The lowest BCUT2D eigenvalue weighted by atomic mass is 9.78. The Bertz CT molecular complexity index is 2290. The van der Waals surface area contributed by atoms with Crippen LogP contribution in [0.2, 0.25) is 0 Å². The highest BCUT2D eigenvalue weighted by atomic mass is 16.2. The lowest BCUT2D eigenvalue weighted by Gasteiger charge is -2.30. The summed E-state index contributed by atoms with van der Waals surface area (Å²) < 4.78 is 0. The van der Waals surface area contributed by atoms with Crippen molar-refractivity contribution in [2.45, 2.75) is 69.9 Å². The number of pyridine rings is 1. The Kier molecular flexibility index (Phi) is 9.43. The van der Waals surface area contributed by atoms with Gasteiger partial charge in [-0.05, 0) is 109 Å². The van der Waals surface area contributed by atoms with E-state index in [0.29, 0.717) is 36.8 Å². The number of rotatable bonds is 11. The van der Waals surface area contributed by atoms with E-state index in [0.717, 1.165) is 89.4 Å². The third kappa shape index (κ3) is 6.83. The number of fused-ring (bicyclic) bond motifs is 4. The number of dihydropyridines is 1. The van der Waals surface area contributed by atoms with E-state index in [1.54, 1.807) is 12.4 Å². The molecule has 2 aromatic carbocycles. The summed E-state index contributed by atoms with van der Waals surface area (Å²) in [4.78, 5) is 52.9. The van der Waals surface area contributed by atoms with Gasteiger partial charge in [-0.25, -0.2) is 9.97 Å². The number of nitrogens with one attached hydrogen (secondary N) is 4. The highest BCUT2D eigenvalue weighted by molar-refractivity contribution is 5.82. The molecule has 7 unspecified atom stereocenters. The fourth-order valence-corrected chi connectivity index (χ4v) is 11.1. The molecule has 2 amide bonds. The number of benzene rings is 2. The Morgan fingerprint density at radius 2 is 1.23 bits per heavy atom. The summed E-state index contributed by atoms with van der Waals surface area (Å²) in [5, 5.41) is 6.48. The zero-order valence-electron chi connectivity index (χ0n) is 32.4. The van der Waals surface area contributed by atoms with Gasteiger partial charge >= 0.3 is 0 Å². The van der Waals surface area contributed by atoms with Crippen molar-refractivity contribution in [3.05, 3.63) is 115 Å². The van der Waals surface area contributed by atoms with Crippen molar-refractivity contribution in [1.29, 1.82) is 0 Å². The maximum absolute atomic E-state index is 13.7. The van der Waals surface area contributed by atoms with E-state index in [4.69, 9.17) is 9.97 Å². The van der Waals surface area contributed by atoms with Crippen LogP contribution in [-0.2, 0) is 16.1 Å². The van der Waals surface area contributed by atoms with Crippen LogP contribution in [0, 0.1) is 41.4 Å². The number of H-pyrrole nitrogens is 2.